The molecule has 2 unspecified atom stereocenters. The largest absolute Gasteiger partial charge is 0.368 e. The number of hydrogen-bond acceptors (Lipinski definition) is 3. The van der Waals surface area contributed by atoms with Crippen molar-refractivity contribution in [1.82, 2.24) is 4.90 Å². The number of benzene rings is 2. The zero-order chi connectivity index (χ0) is 18.4. The molecule has 5 heteroatoms. The quantitative estimate of drug-likeness (QED) is 0.811. The van der Waals surface area contributed by atoms with Gasteiger partial charge in [-0.05, 0) is 18.1 Å². The lowest BCUT2D eigenvalue weighted by Crippen LogP contribution is -2.44. The van der Waals surface area contributed by atoms with E-state index in [1.54, 1.807) is 6.92 Å². The van der Waals surface area contributed by atoms with Crippen LogP contribution in [0.4, 0.5) is 0 Å². The lowest BCUT2D eigenvalue weighted by molar-refractivity contribution is -0.141. The summed E-state index contributed by atoms with van der Waals surface area (Å²) in [5.74, 6) is -1.21. The molecular formula is C20H25N3O2. The van der Waals surface area contributed by atoms with Crippen LogP contribution in [0.2, 0.25) is 0 Å². The molecule has 2 aromatic rings. The fraction of sp³-hybridized carbons (Fsp3) is 0.300. The Labute approximate surface area is 148 Å². The topological polar surface area (TPSA) is 89.4 Å². The average molecular weight is 339 g/mol. The molecule has 132 valence electrons. The van der Waals surface area contributed by atoms with Crippen molar-refractivity contribution in [3.05, 3.63) is 71.8 Å². The number of carbonyl (C=O) groups is 2. The van der Waals surface area contributed by atoms with E-state index >= 15 is 0 Å². The predicted molar refractivity (Wildman–Crippen MR) is 98.3 cm³/mol. The Morgan fingerprint density at radius 2 is 1.40 bits per heavy atom. The van der Waals surface area contributed by atoms with Crippen molar-refractivity contribution >= 4 is 11.8 Å². The van der Waals surface area contributed by atoms with Gasteiger partial charge < -0.3 is 16.4 Å². The van der Waals surface area contributed by atoms with Crippen molar-refractivity contribution < 1.29 is 9.59 Å². The number of nitrogens with two attached hydrogens (primary N) is 2. The van der Waals surface area contributed by atoms with Crippen molar-refractivity contribution in [2.45, 2.75) is 25.9 Å². The number of primary amides is 1. The van der Waals surface area contributed by atoms with E-state index in [2.05, 4.69) is 0 Å². The third-order valence-electron chi connectivity index (χ3n) is 4.47. The van der Waals surface area contributed by atoms with Gasteiger partial charge in [-0.2, -0.15) is 0 Å². The van der Waals surface area contributed by atoms with Crippen molar-refractivity contribution in [3.63, 3.8) is 0 Å². The molecule has 3 atom stereocenters. The van der Waals surface area contributed by atoms with Gasteiger partial charge in [-0.25, -0.2) is 0 Å². The Balaban J connectivity index is 2.24. The van der Waals surface area contributed by atoms with Gasteiger partial charge in [0, 0.05) is 6.04 Å². The highest BCUT2D eigenvalue weighted by Gasteiger charge is 2.30. The van der Waals surface area contributed by atoms with Crippen molar-refractivity contribution in [1.29, 1.82) is 0 Å². The molecule has 0 radical (unpaired) electrons. The molecule has 0 bridgehead atoms. The molecular weight excluding hydrogens is 314 g/mol. The molecule has 5 nitrogen and oxygen atoms in total. The number of rotatable bonds is 7. The van der Waals surface area contributed by atoms with E-state index in [1.807, 2.05) is 67.6 Å². The zero-order valence-corrected chi connectivity index (χ0v) is 14.6. The molecule has 0 saturated heterocycles. The molecule has 0 saturated carbocycles. The van der Waals surface area contributed by atoms with Gasteiger partial charge in [0.1, 0.15) is 0 Å². The zero-order valence-electron chi connectivity index (χ0n) is 14.6. The fourth-order valence-corrected chi connectivity index (χ4v) is 2.86. The van der Waals surface area contributed by atoms with Gasteiger partial charge in [-0.1, -0.05) is 67.6 Å². The average Bonchev–Trinajstić information content (AvgIpc) is 2.65. The Morgan fingerprint density at radius 1 is 0.920 bits per heavy atom. The highest BCUT2D eigenvalue weighted by atomic mass is 16.2. The van der Waals surface area contributed by atoms with Gasteiger partial charge in [0.05, 0.1) is 18.5 Å². The summed E-state index contributed by atoms with van der Waals surface area (Å²) in [6.07, 6.45) is 0. The first kappa shape index (κ1) is 18.7. The molecule has 0 spiro atoms. The molecule has 0 aromatic heterocycles. The molecule has 0 aliphatic rings. The van der Waals surface area contributed by atoms with E-state index in [0.717, 1.165) is 11.1 Å². The van der Waals surface area contributed by atoms with Gasteiger partial charge in [0.15, 0.2) is 0 Å². The van der Waals surface area contributed by atoms with Crippen LogP contribution >= 0.6 is 0 Å². The molecule has 0 aliphatic carbocycles. The second-order valence-corrected chi connectivity index (χ2v) is 6.24. The van der Waals surface area contributed by atoms with Crippen LogP contribution in [0.15, 0.2) is 60.7 Å². The lowest BCUT2D eigenvalue weighted by atomic mass is 9.93. The van der Waals surface area contributed by atoms with Crippen LogP contribution < -0.4 is 11.5 Å². The molecule has 2 rings (SSSR count). The minimum absolute atomic E-state index is 0.138. The van der Waals surface area contributed by atoms with Gasteiger partial charge in [-0.3, -0.25) is 9.59 Å². The predicted octanol–water partition coefficient (Wildman–Crippen LogP) is 2.40. The van der Waals surface area contributed by atoms with Gasteiger partial charge >= 0.3 is 0 Å². The second kappa shape index (κ2) is 8.44. The van der Waals surface area contributed by atoms with Crippen LogP contribution in [0.5, 0.6) is 0 Å². The van der Waals surface area contributed by atoms with E-state index in [9.17, 15) is 9.59 Å². The summed E-state index contributed by atoms with van der Waals surface area (Å²) in [5, 5.41) is 0. The first-order valence-electron chi connectivity index (χ1n) is 8.36. The Morgan fingerprint density at radius 3 is 1.88 bits per heavy atom. The normalized spacial score (nSPS) is 14.4. The summed E-state index contributed by atoms with van der Waals surface area (Å²) >= 11 is 0. The molecule has 0 fully saturated rings. The second-order valence-electron chi connectivity index (χ2n) is 6.24. The minimum Gasteiger partial charge on any atom is -0.368 e. The Bertz CT molecular complexity index is 703. The van der Waals surface area contributed by atoms with E-state index in [1.165, 1.54) is 4.90 Å². The molecule has 25 heavy (non-hydrogen) atoms. The van der Waals surface area contributed by atoms with Gasteiger partial charge in [0.25, 0.3) is 0 Å². The van der Waals surface area contributed by atoms with Gasteiger partial charge in [0.2, 0.25) is 11.8 Å². The minimum atomic E-state index is -0.545. The lowest BCUT2D eigenvalue weighted by Gasteiger charge is -2.32. The van der Waals surface area contributed by atoms with Crippen LogP contribution in [0.1, 0.15) is 37.1 Å². The van der Waals surface area contributed by atoms with Crippen LogP contribution in [0, 0.1) is 5.92 Å². The summed E-state index contributed by atoms with van der Waals surface area (Å²) in [5.41, 5.74) is 13.5. The van der Waals surface area contributed by atoms with Gasteiger partial charge in [-0.15, -0.1) is 0 Å². The summed E-state index contributed by atoms with van der Waals surface area (Å²) in [7, 11) is 0. The smallest absolute Gasteiger partial charge is 0.237 e. The standard InChI is InChI=1S/C20H25N3O2/c1-14(19(22)17-11-7-4-8-12-17)20(25)23(13-18(21)24)15(2)16-9-5-3-6-10-16/h3-12,14-15,19H,13,22H2,1-2H3,(H2,21,24)/t14?,15-,19?/m1/s1. The summed E-state index contributed by atoms with van der Waals surface area (Å²) in [6, 6.07) is 18.3. The van der Waals surface area contributed by atoms with Crippen molar-refractivity contribution in [3.8, 4) is 0 Å². The summed E-state index contributed by atoms with van der Waals surface area (Å²) < 4.78 is 0. The number of nitrogens with zero attached hydrogens (tertiary/aromatic N) is 1. The maximum Gasteiger partial charge on any atom is 0.237 e. The van der Waals surface area contributed by atoms with Crippen LogP contribution in [-0.2, 0) is 9.59 Å². The first-order valence-corrected chi connectivity index (χ1v) is 8.36. The number of carbonyl (C=O) groups excluding carboxylic acids is 2. The van der Waals surface area contributed by atoms with Crippen LogP contribution in [0.25, 0.3) is 0 Å². The van der Waals surface area contributed by atoms with Crippen LogP contribution in [-0.4, -0.2) is 23.3 Å². The molecule has 0 aliphatic heterocycles. The summed E-state index contributed by atoms with van der Waals surface area (Å²) in [6.45, 7) is 3.53. The molecule has 4 N–H and O–H groups in total. The van der Waals surface area contributed by atoms with E-state index < -0.39 is 17.9 Å². The summed E-state index contributed by atoms with van der Waals surface area (Å²) in [4.78, 5) is 26.1. The van der Waals surface area contributed by atoms with Crippen molar-refractivity contribution in [2.75, 3.05) is 6.54 Å². The third-order valence-corrected chi connectivity index (χ3v) is 4.47. The molecule has 2 aromatic carbocycles. The SMILES string of the molecule is CC(C(=O)N(CC(N)=O)[C@H](C)c1ccccc1)C(N)c1ccccc1. The van der Waals surface area contributed by atoms with E-state index in [-0.39, 0.29) is 18.5 Å². The molecule has 0 heterocycles. The molecule has 2 amide bonds. The highest BCUT2D eigenvalue weighted by Crippen LogP contribution is 2.26. The Hall–Kier alpha value is -2.66. The van der Waals surface area contributed by atoms with Crippen molar-refractivity contribution in [2.24, 2.45) is 17.4 Å². The van der Waals surface area contributed by atoms with Crippen LogP contribution in [0.3, 0.4) is 0 Å². The highest BCUT2D eigenvalue weighted by molar-refractivity contribution is 5.85. The van der Waals surface area contributed by atoms with E-state index in [4.69, 9.17) is 11.5 Å². The first-order chi connectivity index (χ1) is 11.9. The monoisotopic (exact) mass is 339 g/mol. The number of hydrogen-bond donors (Lipinski definition) is 2. The number of amides is 2. The third kappa shape index (κ3) is 4.67. The maximum atomic E-state index is 13.0. The maximum absolute atomic E-state index is 13.0. The Kier molecular flexibility index (Phi) is 6.31. The van der Waals surface area contributed by atoms with E-state index in [0.29, 0.717) is 0 Å². The fourth-order valence-electron chi connectivity index (χ4n) is 2.86.